The van der Waals surface area contributed by atoms with Crippen LogP contribution in [0.5, 0.6) is 0 Å². The van der Waals surface area contributed by atoms with E-state index in [1.54, 1.807) is 6.92 Å². The normalized spacial score (nSPS) is 9.59. The van der Waals surface area contributed by atoms with Crippen LogP contribution in [0.4, 0.5) is 0 Å². The average molecular weight is 414 g/mol. The molecule has 0 aromatic rings. The van der Waals surface area contributed by atoms with Crippen molar-refractivity contribution >= 4 is 41.2 Å². The molecule has 13 nitrogen and oxygen atoms in total. The minimum atomic E-state index is -0.656. The van der Waals surface area contributed by atoms with Crippen molar-refractivity contribution in [1.82, 2.24) is 31.9 Å². The minimum Gasteiger partial charge on any atom is -0.348 e. The molecule has 0 heterocycles. The zero-order valence-electron chi connectivity index (χ0n) is 16.3. The van der Waals surface area contributed by atoms with Crippen LogP contribution >= 0.6 is 0 Å². The first-order valence-electron chi connectivity index (χ1n) is 8.73. The monoisotopic (exact) mass is 414 g/mol. The Morgan fingerprint density at radius 2 is 0.690 bits per heavy atom. The Kier molecular flexibility index (Phi) is 12.8. The van der Waals surface area contributed by atoms with Crippen LogP contribution in [0.3, 0.4) is 0 Å². The molecule has 0 aliphatic rings. The highest BCUT2D eigenvalue weighted by molar-refractivity contribution is 5.92. The Bertz CT molecular complexity index is 650. The third-order valence-corrected chi connectivity index (χ3v) is 3.09. The number of amides is 6. The standard InChI is InChI=1S/C16H26N6O7/c1-3-11(24)18-5-13(26)20-7-15(28)22-9-16(29)21-8-14(27)19-6-12(25)17-4-10(2)23/h3-9H2,1-2H3,(H,17,25)(H,18,24)(H,19,27)(H,20,26)(H,21,29)(H,22,28). The molecule has 0 aliphatic carbocycles. The summed E-state index contributed by atoms with van der Waals surface area (Å²) in [6.07, 6.45) is 0.230. The van der Waals surface area contributed by atoms with Crippen molar-refractivity contribution in [2.24, 2.45) is 0 Å². The van der Waals surface area contributed by atoms with Gasteiger partial charge in [0.15, 0.2) is 0 Å². The van der Waals surface area contributed by atoms with Gasteiger partial charge in [-0.1, -0.05) is 6.92 Å². The second-order valence-corrected chi connectivity index (χ2v) is 5.72. The highest BCUT2D eigenvalue weighted by atomic mass is 16.2. The van der Waals surface area contributed by atoms with Crippen LogP contribution < -0.4 is 31.9 Å². The van der Waals surface area contributed by atoms with E-state index < -0.39 is 42.6 Å². The molecule has 0 spiro atoms. The van der Waals surface area contributed by atoms with Gasteiger partial charge in [-0.15, -0.1) is 0 Å². The summed E-state index contributed by atoms with van der Waals surface area (Å²) in [5.74, 6) is -3.58. The summed E-state index contributed by atoms with van der Waals surface area (Å²) in [6, 6.07) is 0. The number of Topliss-reactive ketones (excluding diaryl/α,β-unsaturated/α-hetero) is 1. The molecule has 0 fully saturated rings. The Hall–Kier alpha value is -3.51. The largest absolute Gasteiger partial charge is 0.348 e. The van der Waals surface area contributed by atoms with Gasteiger partial charge < -0.3 is 31.9 Å². The molecule has 0 atom stereocenters. The fourth-order valence-corrected chi connectivity index (χ4v) is 1.55. The number of carbonyl (C=O) groups is 7. The van der Waals surface area contributed by atoms with Crippen LogP contribution in [0.2, 0.25) is 0 Å². The third-order valence-electron chi connectivity index (χ3n) is 3.09. The predicted octanol–water partition coefficient (Wildman–Crippen LogP) is -4.32. The first-order valence-corrected chi connectivity index (χ1v) is 8.73. The summed E-state index contributed by atoms with van der Waals surface area (Å²) in [6.45, 7) is 0.954. The van der Waals surface area contributed by atoms with Crippen LogP contribution in [0.1, 0.15) is 20.3 Å². The molecule has 6 N–H and O–H groups in total. The maximum absolute atomic E-state index is 11.6. The van der Waals surface area contributed by atoms with Crippen LogP contribution in [-0.4, -0.2) is 80.5 Å². The topological polar surface area (TPSA) is 192 Å². The molecule has 162 valence electrons. The summed E-state index contributed by atoms with van der Waals surface area (Å²) < 4.78 is 0. The molecule has 0 aromatic heterocycles. The van der Waals surface area contributed by atoms with Gasteiger partial charge in [0.1, 0.15) is 5.78 Å². The molecule has 0 saturated heterocycles. The number of carbonyl (C=O) groups excluding carboxylic acids is 7. The van der Waals surface area contributed by atoms with Gasteiger partial charge in [0.05, 0.1) is 39.3 Å². The van der Waals surface area contributed by atoms with Crippen molar-refractivity contribution in [3.05, 3.63) is 0 Å². The van der Waals surface area contributed by atoms with Gasteiger partial charge in [0.25, 0.3) is 0 Å². The number of hydrogen-bond acceptors (Lipinski definition) is 7. The van der Waals surface area contributed by atoms with Crippen LogP contribution in [0, 0.1) is 0 Å². The van der Waals surface area contributed by atoms with E-state index in [9.17, 15) is 33.6 Å². The second kappa shape index (κ2) is 14.5. The molecular formula is C16H26N6O7. The SMILES string of the molecule is CCC(=O)NCC(=O)NCC(=O)NCC(=O)NCC(=O)NCC(=O)NCC(C)=O. The Morgan fingerprint density at radius 1 is 0.448 bits per heavy atom. The lowest BCUT2D eigenvalue weighted by Gasteiger charge is -2.09. The summed E-state index contributed by atoms with van der Waals surface area (Å²) in [5.41, 5.74) is 0. The zero-order valence-corrected chi connectivity index (χ0v) is 16.3. The molecule has 0 rings (SSSR count). The van der Waals surface area contributed by atoms with Gasteiger partial charge in [-0.2, -0.15) is 0 Å². The predicted molar refractivity (Wildman–Crippen MR) is 99.0 cm³/mol. The van der Waals surface area contributed by atoms with Crippen molar-refractivity contribution in [2.75, 3.05) is 39.3 Å². The van der Waals surface area contributed by atoms with Crippen molar-refractivity contribution < 1.29 is 33.6 Å². The molecule has 29 heavy (non-hydrogen) atoms. The van der Waals surface area contributed by atoms with E-state index in [1.807, 2.05) is 0 Å². The Labute approximate surface area is 167 Å². The summed E-state index contributed by atoms with van der Waals surface area (Å²) in [5, 5.41) is 13.6. The van der Waals surface area contributed by atoms with E-state index in [1.165, 1.54) is 6.92 Å². The third kappa shape index (κ3) is 15.3. The quantitative estimate of drug-likeness (QED) is 0.175. The maximum Gasteiger partial charge on any atom is 0.239 e. The first kappa shape index (κ1) is 25.5. The van der Waals surface area contributed by atoms with E-state index in [-0.39, 0.29) is 44.3 Å². The second-order valence-electron chi connectivity index (χ2n) is 5.72. The molecule has 0 saturated carbocycles. The Balaban J connectivity index is 3.86. The lowest BCUT2D eigenvalue weighted by atomic mass is 10.4. The van der Waals surface area contributed by atoms with Crippen LogP contribution in [0.25, 0.3) is 0 Å². The van der Waals surface area contributed by atoms with Crippen molar-refractivity contribution in [3.63, 3.8) is 0 Å². The summed E-state index contributed by atoms with van der Waals surface area (Å²) in [4.78, 5) is 79.0. The smallest absolute Gasteiger partial charge is 0.239 e. The minimum absolute atomic E-state index is 0.140. The van der Waals surface area contributed by atoms with E-state index in [0.717, 1.165) is 0 Å². The highest BCUT2D eigenvalue weighted by Gasteiger charge is 2.10. The molecule has 0 aliphatic heterocycles. The van der Waals surface area contributed by atoms with Gasteiger partial charge in [0.2, 0.25) is 35.4 Å². The highest BCUT2D eigenvalue weighted by Crippen LogP contribution is 1.75. The number of hydrogen-bond donors (Lipinski definition) is 6. The van der Waals surface area contributed by atoms with E-state index in [0.29, 0.717) is 0 Å². The fraction of sp³-hybridized carbons (Fsp3) is 0.562. The van der Waals surface area contributed by atoms with Crippen molar-refractivity contribution in [1.29, 1.82) is 0 Å². The lowest BCUT2D eigenvalue weighted by molar-refractivity contribution is -0.129. The summed E-state index contributed by atoms with van der Waals surface area (Å²) >= 11 is 0. The maximum atomic E-state index is 11.6. The van der Waals surface area contributed by atoms with E-state index in [2.05, 4.69) is 31.9 Å². The average Bonchev–Trinajstić information content (AvgIpc) is 2.69. The molecule has 0 unspecified atom stereocenters. The zero-order chi connectivity index (χ0) is 22.2. The molecule has 6 amide bonds. The van der Waals surface area contributed by atoms with E-state index >= 15 is 0 Å². The fourth-order valence-electron chi connectivity index (χ4n) is 1.55. The van der Waals surface area contributed by atoms with Crippen molar-refractivity contribution in [3.8, 4) is 0 Å². The lowest BCUT2D eigenvalue weighted by Crippen LogP contribution is -2.46. The van der Waals surface area contributed by atoms with Gasteiger partial charge in [-0.3, -0.25) is 33.6 Å². The molecule has 13 heteroatoms. The van der Waals surface area contributed by atoms with E-state index in [4.69, 9.17) is 0 Å². The van der Waals surface area contributed by atoms with Gasteiger partial charge in [0, 0.05) is 6.42 Å². The van der Waals surface area contributed by atoms with Gasteiger partial charge >= 0.3 is 0 Å². The van der Waals surface area contributed by atoms with Gasteiger partial charge in [-0.25, -0.2) is 0 Å². The molecular weight excluding hydrogens is 388 g/mol. The Morgan fingerprint density at radius 3 is 0.931 bits per heavy atom. The van der Waals surface area contributed by atoms with Crippen LogP contribution in [0.15, 0.2) is 0 Å². The number of ketones is 1. The molecule has 0 aromatic carbocycles. The molecule has 0 bridgehead atoms. The first-order chi connectivity index (χ1) is 13.6. The molecule has 0 radical (unpaired) electrons. The summed E-state index contributed by atoms with van der Waals surface area (Å²) in [7, 11) is 0. The number of nitrogens with one attached hydrogen (secondary N) is 6. The van der Waals surface area contributed by atoms with Gasteiger partial charge in [-0.05, 0) is 6.92 Å². The van der Waals surface area contributed by atoms with Crippen LogP contribution in [-0.2, 0) is 33.6 Å². The van der Waals surface area contributed by atoms with Crippen molar-refractivity contribution in [2.45, 2.75) is 20.3 Å². The number of rotatable bonds is 13.